The molecule has 39 heavy (non-hydrogen) atoms. The Balaban J connectivity index is 1.43. The lowest BCUT2D eigenvalue weighted by Gasteiger charge is -2.59. The van der Waals surface area contributed by atoms with Crippen LogP contribution in [0.1, 0.15) is 116 Å². The number of hydrogen-bond acceptors (Lipinski definition) is 0. The predicted molar refractivity (Wildman–Crippen MR) is 165 cm³/mol. The maximum atomic E-state index is 2.65. The van der Waals surface area contributed by atoms with Crippen LogP contribution in [-0.4, -0.2) is 0 Å². The average Bonchev–Trinajstić information content (AvgIpc) is 3.61. The molecule has 2 aromatic carbocycles. The monoisotopic (exact) mass is 522 g/mol. The first-order chi connectivity index (χ1) is 18.8. The molecule has 7 atom stereocenters. The van der Waals surface area contributed by atoms with E-state index in [0.29, 0.717) is 10.8 Å². The number of hydrogen-bond donors (Lipinski definition) is 0. The molecule has 5 aliphatic carbocycles. The van der Waals surface area contributed by atoms with Crippen molar-refractivity contribution in [3.8, 4) is 0 Å². The Morgan fingerprint density at radius 3 is 1.54 bits per heavy atom. The molecule has 0 saturated heterocycles. The first-order valence-corrected chi connectivity index (χ1v) is 16.9. The molecule has 0 aliphatic heterocycles. The third-order valence-corrected chi connectivity index (χ3v) is 13.9. The molecule has 210 valence electrons. The molecule has 0 heteroatoms. The summed E-state index contributed by atoms with van der Waals surface area (Å²) in [5.41, 5.74) is 4.47. The molecule has 0 amide bonds. The first kappa shape index (κ1) is 26.3. The van der Waals surface area contributed by atoms with Crippen molar-refractivity contribution in [3.63, 3.8) is 0 Å². The van der Waals surface area contributed by atoms with Gasteiger partial charge in [-0.3, -0.25) is 0 Å². The van der Waals surface area contributed by atoms with Crippen molar-refractivity contribution in [3.05, 3.63) is 71.8 Å². The van der Waals surface area contributed by atoms with Crippen molar-refractivity contribution in [2.45, 2.75) is 110 Å². The zero-order chi connectivity index (χ0) is 26.8. The quantitative estimate of drug-likeness (QED) is 0.374. The fourth-order valence-electron chi connectivity index (χ4n) is 12.2. The van der Waals surface area contributed by atoms with Crippen molar-refractivity contribution in [1.82, 2.24) is 0 Å². The molecule has 0 nitrogen and oxygen atoms in total. The van der Waals surface area contributed by atoms with E-state index in [1.54, 1.807) is 11.1 Å². The lowest BCUT2D eigenvalue weighted by atomic mass is 9.46. The summed E-state index contributed by atoms with van der Waals surface area (Å²) in [6, 6.07) is 24.1. The first-order valence-electron chi connectivity index (χ1n) is 16.9. The van der Waals surface area contributed by atoms with Crippen LogP contribution in [-0.2, 0) is 5.41 Å². The number of benzene rings is 2. The van der Waals surface area contributed by atoms with Crippen molar-refractivity contribution in [1.29, 1.82) is 0 Å². The van der Waals surface area contributed by atoms with Crippen molar-refractivity contribution >= 4 is 0 Å². The fraction of sp³-hybridized carbons (Fsp3) is 0.692. The topological polar surface area (TPSA) is 0 Å². The third-order valence-electron chi connectivity index (χ3n) is 13.9. The SMILES string of the molecule is CC1(C)CCC(C)(C)C2CC3C(CC21)C1CCCCC1C3C(c1ccccc1)(c1ccccc1)C1CCCC1. The van der Waals surface area contributed by atoms with Crippen LogP contribution in [0.3, 0.4) is 0 Å². The highest BCUT2D eigenvalue weighted by Gasteiger charge is 2.65. The molecular weight excluding hydrogens is 468 g/mol. The summed E-state index contributed by atoms with van der Waals surface area (Å²) in [6.45, 7) is 10.6. The van der Waals surface area contributed by atoms with Gasteiger partial charge in [0, 0.05) is 5.41 Å². The van der Waals surface area contributed by atoms with Gasteiger partial charge >= 0.3 is 0 Å². The number of rotatable bonds is 4. The smallest absolute Gasteiger partial charge is 0.0264 e. The lowest BCUT2D eigenvalue weighted by molar-refractivity contribution is -0.0864. The molecule has 0 bridgehead atoms. The van der Waals surface area contributed by atoms with Crippen LogP contribution >= 0.6 is 0 Å². The molecule has 5 saturated carbocycles. The van der Waals surface area contributed by atoms with Gasteiger partial charge in [-0.05, 0) is 121 Å². The average molecular weight is 523 g/mol. The van der Waals surface area contributed by atoms with E-state index in [0.717, 1.165) is 47.3 Å². The van der Waals surface area contributed by atoms with E-state index in [1.165, 1.54) is 77.0 Å². The van der Waals surface area contributed by atoms with Crippen LogP contribution < -0.4 is 0 Å². The van der Waals surface area contributed by atoms with Crippen molar-refractivity contribution < 1.29 is 0 Å². The van der Waals surface area contributed by atoms with Gasteiger partial charge in [-0.15, -0.1) is 0 Å². The highest BCUT2D eigenvalue weighted by atomic mass is 14.7. The van der Waals surface area contributed by atoms with Gasteiger partial charge in [-0.1, -0.05) is 114 Å². The Bertz CT molecular complexity index is 1080. The van der Waals surface area contributed by atoms with Gasteiger partial charge in [0.1, 0.15) is 0 Å². The largest absolute Gasteiger partial charge is 0.0622 e. The predicted octanol–water partition coefficient (Wildman–Crippen LogP) is 10.7. The van der Waals surface area contributed by atoms with E-state index >= 15 is 0 Å². The Hall–Kier alpha value is -1.56. The summed E-state index contributed by atoms with van der Waals surface area (Å²) in [6.07, 6.45) is 17.5. The van der Waals surface area contributed by atoms with Crippen LogP contribution in [0.5, 0.6) is 0 Å². The molecular formula is C39H54. The molecule has 5 aliphatic rings. The van der Waals surface area contributed by atoms with Crippen LogP contribution in [0, 0.1) is 58.2 Å². The van der Waals surface area contributed by atoms with Gasteiger partial charge in [0.15, 0.2) is 0 Å². The van der Waals surface area contributed by atoms with Gasteiger partial charge in [0.25, 0.3) is 0 Å². The molecule has 0 aromatic heterocycles. The second-order valence-corrected chi connectivity index (χ2v) is 16.2. The minimum atomic E-state index is 0.167. The second kappa shape index (κ2) is 9.77. The standard InChI is InChI=1S/C39H54/c1-37(2)23-24-38(3,4)35-26-33-32(25-34(35)37)30-21-13-14-22-31(30)36(33)39(29-19-11-12-20-29,27-15-7-5-8-16-27)28-17-9-6-10-18-28/h5-10,15-18,29-36H,11-14,19-26H2,1-4H3. The summed E-state index contributed by atoms with van der Waals surface area (Å²) in [4.78, 5) is 0. The molecule has 0 N–H and O–H groups in total. The Morgan fingerprint density at radius 2 is 1.00 bits per heavy atom. The number of fused-ring (bicyclic) bond motifs is 4. The third kappa shape index (κ3) is 4.04. The molecule has 2 aromatic rings. The van der Waals surface area contributed by atoms with Crippen molar-refractivity contribution in [2.24, 2.45) is 58.2 Å². The molecule has 7 rings (SSSR count). The second-order valence-electron chi connectivity index (χ2n) is 16.2. The highest BCUT2D eigenvalue weighted by molar-refractivity contribution is 5.43. The molecule has 0 heterocycles. The zero-order valence-electron chi connectivity index (χ0n) is 25.4. The minimum Gasteiger partial charge on any atom is -0.0622 e. The maximum Gasteiger partial charge on any atom is 0.0264 e. The van der Waals surface area contributed by atoms with Gasteiger partial charge < -0.3 is 0 Å². The van der Waals surface area contributed by atoms with Gasteiger partial charge in [0.05, 0.1) is 0 Å². The van der Waals surface area contributed by atoms with E-state index in [9.17, 15) is 0 Å². The maximum absolute atomic E-state index is 2.65. The van der Waals surface area contributed by atoms with E-state index in [1.807, 2.05) is 0 Å². The summed E-state index contributed by atoms with van der Waals surface area (Å²) >= 11 is 0. The summed E-state index contributed by atoms with van der Waals surface area (Å²) in [5, 5.41) is 0. The van der Waals surface area contributed by atoms with E-state index < -0.39 is 0 Å². The van der Waals surface area contributed by atoms with Crippen LogP contribution in [0.25, 0.3) is 0 Å². The van der Waals surface area contributed by atoms with Gasteiger partial charge in [-0.25, -0.2) is 0 Å². The van der Waals surface area contributed by atoms with Gasteiger partial charge in [0.2, 0.25) is 0 Å². The molecule has 7 unspecified atom stereocenters. The molecule has 0 radical (unpaired) electrons. The normalized spacial score (nSPS) is 37.6. The van der Waals surface area contributed by atoms with Crippen LogP contribution in [0.2, 0.25) is 0 Å². The van der Waals surface area contributed by atoms with E-state index in [4.69, 9.17) is 0 Å². The molecule has 5 fully saturated rings. The van der Waals surface area contributed by atoms with E-state index in [-0.39, 0.29) is 5.41 Å². The van der Waals surface area contributed by atoms with Crippen LogP contribution in [0.15, 0.2) is 60.7 Å². The van der Waals surface area contributed by atoms with Crippen molar-refractivity contribution in [2.75, 3.05) is 0 Å². The summed E-state index contributed by atoms with van der Waals surface area (Å²) in [5.74, 6) is 7.07. The van der Waals surface area contributed by atoms with E-state index in [2.05, 4.69) is 88.4 Å². The fourth-order valence-corrected chi connectivity index (χ4v) is 12.2. The summed E-state index contributed by atoms with van der Waals surface area (Å²) < 4.78 is 0. The zero-order valence-corrected chi connectivity index (χ0v) is 25.4. The van der Waals surface area contributed by atoms with Crippen LogP contribution in [0.4, 0.5) is 0 Å². The Morgan fingerprint density at radius 1 is 0.538 bits per heavy atom. The highest BCUT2D eigenvalue weighted by Crippen LogP contribution is 2.71. The Kier molecular flexibility index (Phi) is 6.60. The minimum absolute atomic E-state index is 0.167. The van der Waals surface area contributed by atoms with Gasteiger partial charge in [-0.2, -0.15) is 0 Å². The lowest BCUT2D eigenvalue weighted by Crippen LogP contribution is -2.52. The Labute approximate surface area is 239 Å². The molecule has 0 spiro atoms. The summed E-state index contributed by atoms with van der Waals surface area (Å²) in [7, 11) is 0.